The van der Waals surface area contributed by atoms with Gasteiger partial charge in [0.2, 0.25) is 0 Å². The van der Waals surface area contributed by atoms with Gasteiger partial charge in [0, 0.05) is 13.5 Å². The van der Waals surface area contributed by atoms with E-state index in [0.29, 0.717) is 6.54 Å². The molecule has 0 spiro atoms. The first kappa shape index (κ1) is 11.9. The Bertz CT molecular complexity index is 212. The molecular weight excluding hydrogens is 198 g/mol. The molecule has 0 aromatic carbocycles. The fourth-order valence-corrected chi connectivity index (χ4v) is 3.04. The van der Waals surface area contributed by atoms with Crippen molar-refractivity contribution < 1.29 is 9.47 Å². The number of ether oxygens (including phenoxy) is 2. The molecule has 1 unspecified atom stereocenters. The Morgan fingerprint density at radius 2 is 2.21 bits per heavy atom. The minimum atomic E-state index is -0.175. The highest BCUT2D eigenvalue weighted by atomic mass is 32.2. The topological polar surface area (TPSA) is 44.5 Å². The Morgan fingerprint density at radius 1 is 1.50 bits per heavy atom. The van der Waals surface area contributed by atoms with Crippen molar-refractivity contribution in [3.05, 3.63) is 10.7 Å². The Labute approximate surface area is 90.0 Å². The zero-order valence-electron chi connectivity index (χ0n) is 9.13. The predicted octanol–water partition coefficient (Wildman–Crippen LogP) is 2.08. The molecule has 1 heterocycles. The van der Waals surface area contributed by atoms with Crippen LogP contribution in [0.15, 0.2) is 10.7 Å². The molecular formula is C10H19NO2S. The van der Waals surface area contributed by atoms with E-state index in [9.17, 15) is 0 Å². The van der Waals surface area contributed by atoms with Gasteiger partial charge in [-0.05, 0) is 25.0 Å². The number of nitrogens with two attached hydrogens (primary N) is 1. The number of rotatable bonds is 5. The lowest BCUT2D eigenvalue weighted by Crippen LogP contribution is -2.28. The first-order valence-electron chi connectivity index (χ1n) is 4.91. The summed E-state index contributed by atoms with van der Waals surface area (Å²) < 4.78 is 10.9. The van der Waals surface area contributed by atoms with Gasteiger partial charge in [-0.2, -0.15) is 0 Å². The summed E-state index contributed by atoms with van der Waals surface area (Å²) in [5.41, 5.74) is 6.93. The Morgan fingerprint density at radius 3 is 2.57 bits per heavy atom. The van der Waals surface area contributed by atoms with Gasteiger partial charge in [-0.25, -0.2) is 0 Å². The lowest BCUT2D eigenvalue weighted by Gasteiger charge is -2.26. The highest BCUT2D eigenvalue weighted by Crippen LogP contribution is 2.49. The van der Waals surface area contributed by atoms with E-state index in [1.165, 1.54) is 5.57 Å². The molecule has 2 N–H and O–H groups in total. The number of methoxy groups -OCH3 is 2. The molecule has 82 valence electrons. The van der Waals surface area contributed by atoms with Gasteiger partial charge in [-0.3, -0.25) is 0 Å². The zero-order chi connectivity index (χ0) is 10.6. The Balaban J connectivity index is 2.72. The average Bonchev–Trinajstić information content (AvgIpc) is 2.58. The van der Waals surface area contributed by atoms with Crippen LogP contribution in [0, 0.1) is 0 Å². The summed E-state index contributed by atoms with van der Waals surface area (Å²) in [5, 5.41) is 1.02. The van der Waals surface area contributed by atoms with E-state index in [0.717, 1.165) is 24.4 Å². The summed E-state index contributed by atoms with van der Waals surface area (Å²) in [6, 6.07) is 0. The molecule has 1 rings (SSSR count). The van der Waals surface area contributed by atoms with E-state index in [-0.39, 0.29) is 4.93 Å². The van der Waals surface area contributed by atoms with Gasteiger partial charge < -0.3 is 15.2 Å². The summed E-state index contributed by atoms with van der Waals surface area (Å²) >= 11 is 1.67. The molecule has 1 aliphatic rings. The Hall–Kier alpha value is -0.190. The number of hydrogen-bond donors (Lipinski definition) is 1. The maximum atomic E-state index is 5.59. The molecule has 0 aliphatic carbocycles. The molecule has 0 saturated carbocycles. The molecule has 1 atom stereocenters. The van der Waals surface area contributed by atoms with Crippen LogP contribution >= 0.6 is 11.8 Å². The van der Waals surface area contributed by atoms with Crippen LogP contribution in [0.2, 0.25) is 0 Å². The molecule has 0 bridgehead atoms. The second kappa shape index (κ2) is 5.05. The molecule has 0 aromatic rings. The third-order valence-corrected chi connectivity index (χ3v) is 4.09. The molecule has 14 heavy (non-hydrogen) atoms. The second-order valence-electron chi connectivity index (χ2n) is 3.38. The first-order chi connectivity index (χ1) is 6.71. The van der Waals surface area contributed by atoms with Gasteiger partial charge in [0.1, 0.15) is 4.93 Å². The maximum Gasteiger partial charge on any atom is 0.154 e. The monoisotopic (exact) mass is 217 g/mol. The van der Waals surface area contributed by atoms with Crippen molar-refractivity contribution in [3.63, 3.8) is 0 Å². The van der Waals surface area contributed by atoms with Crippen LogP contribution in [0.4, 0.5) is 0 Å². The van der Waals surface area contributed by atoms with E-state index >= 15 is 0 Å². The minimum absolute atomic E-state index is 0.175. The van der Waals surface area contributed by atoms with Gasteiger partial charge in [-0.15, -0.1) is 0 Å². The smallest absolute Gasteiger partial charge is 0.154 e. The van der Waals surface area contributed by atoms with Crippen molar-refractivity contribution in [2.75, 3.05) is 20.8 Å². The van der Waals surface area contributed by atoms with Crippen LogP contribution in [0.1, 0.15) is 26.2 Å². The fourth-order valence-electron chi connectivity index (χ4n) is 1.71. The van der Waals surface area contributed by atoms with E-state index in [4.69, 9.17) is 15.2 Å². The number of thioether (sulfide) groups is 1. The van der Waals surface area contributed by atoms with E-state index in [2.05, 4.69) is 6.92 Å². The van der Waals surface area contributed by atoms with Gasteiger partial charge in [-0.1, -0.05) is 18.7 Å². The van der Waals surface area contributed by atoms with Crippen molar-refractivity contribution in [2.45, 2.75) is 31.1 Å². The predicted molar refractivity (Wildman–Crippen MR) is 59.9 cm³/mol. The van der Waals surface area contributed by atoms with Crippen molar-refractivity contribution in [1.82, 2.24) is 0 Å². The molecule has 0 fully saturated rings. The van der Waals surface area contributed by atoms with Crippen LogP contribution in [0.5, 0.6) is 0 Å². The molecule has 0 saturated heterocycles. The molecule has 0 aromatic heterocycles. The standard InChI is InChI=1S/C10H19NO2S/c1-4-8-7-10(13-3,5-6-11)14-9(8)12-2/h4-7,11H2,1-3H3. The summed E-state index contributed by atoms with van der Waals surface area (Å²) in [5.74, 6) is 0. The average molecular weight is 217 g/mol. The summed E-state index contributed by atoms with van der Waals surface area (Å²) in [4.78, 5) is -0.175. The van der Waals surface area contributed by atoms with Crippen molar-refractivity contribution >= 4 is 11.8 Å². The lowest BCUT2D eigenvalue weighted by atomic mass is 10.0. The minimum Gasteiger partial charge on any atom is -0.490 e. The zero-order valence-corrected chi connectivity index (χ0v) is 9.95. The van der Waals surface area contributed by atoms with Gasteiger partial charge in [0.15, 0.2) is 5.09 Å². The normalized spacial score (nSPS) is 27.1. The van der Waals surface area contributed by atoms with Crippen molar-refractivity contribution in [2.24, 2.45) is 5.73 Å². The van der Waals surface area contributed by atoms with Crippen LogP contribution in [-0.2, 0) is 9.47 Å². The van der Waals surface area contributed by atoms with Crippen LogP contribution in [0.25, 0.3) is 0 Å². The highest BCUT2D eigenvalue weighted by molar-refractivity contribution is 8.04. The number of hydrogen-bond acceptors (Lipinski definition) is 4. The largest absolute Gasteiger partial charge is 0.490 e. The van der Waals surface area contributed by atoms with Crippen LogP contribution < -0.4 is 5.73 Å². The molecule has 0 amide bonds. The lowest BCUT2D eigenvalue weighted by molar-refractivity contribution is 0.0684. The second-order valence-corrected chi connectivity index (χ2v) is 4.70. The summed E-state index contributed by atoms with van der Waals surface area (Å²) in [6.07, 6.45) is 2.82. The molecule has 0 radical (unpaired) electrons. The van der Waals surface area contributed by atoms with Gasteiger partial charge >= 0.3 is 0 Å². The van der Waals surface area contributed by atoms with E-state index in [1.54, 1.807) is 26.0 Å². The Kier molecular flexibility index (Phi) is 4.29. The van der Waals surface area contributed by atoms with Crippen molar-refractivity contribution in [3.8, 4) is 0 Å². The molecule has 1 aliphatic heterocycles. The SMILES string of the molecule is CCC1=C(OC)SC(CCN)(OC)C1. The van der Waals surface area contributed by atoms with E-state index < -0.39 is 0 Å². The van der Waals surface area contributed by atoms with Crippen LogP contribution in [0.3, 0.4) is 0 Å². The van der Waals surface area contributed by atoms with Gasteiger partial charge in [0.05, 0.1) is 7.11 Å². The third-order valence-electron chi connectivity index (χ3n) is 2.56. The summed E-state index contributed by atoms with van der Waals surface area (Å²) in [6.45, 7) is 2.79. The fraction of sp³-hybridized carbons (Fsp3) is 0.800. The maximum absolute atomic E-state index is 5.59. The third kappa shape index (κ3) is 2.24. The van der Waals surface area contributed by atoms with Gasteiger partial charge in [0.25, 0.3) is 0 Å². The quantitative estimate of drug-likeness (QED) is 0.766. The molecule has 4 heteroatoms. The van der Waals surface area contributed by atoms with Crippen molar-refractivity contribution in [1.29, 1.82) is 0 Å². The van der Waals surface area contributed by atoms with Crippen LogP contribution in [-0.4, -0.2) is 25.7 Å². The first-order valence-corrected chi connectivity index (χ1v) is 5.73. The molecule has 3 nitrogen and oxygen atoms in total. The highest BCUT2D eigenvalue weighted by Gasteiger charge is 2.39. The van der Waals surface area contributed by atoms with E-state index in [1.807, 2.05) is 0 Å². The summed E-state index contributed by atoms with van der Waals surface area (Å²) in [7, 11) is 3.46.